The van der Waals surface area contributed by atoms with E-state index in [1.54, 1.807) is 17.7 Å². The van der Waals surface area contributed by atoms with Crippen LogP contribution in [0.3, 0.4) is 0 Å². The van der Waals surface area contributed by atoms with Gasteiger partial charge in [0.05, 0.1) is 29.5 Å². The number of carbonyl (C=O) groups excluding carboxylic acids is 3. The van der Waals surface area contributed by atoms with Gasteiger partial charge in [-0.15, -0.1) is 23.1 Å². The zero-order valence-electron chi connectivity index (χ0n) is 16.5. The first-order chi connectivity index (χ1) is 14.0. The number of hydrogen-bond acceptors (Lipinski definition) is 7. The maximum Gasteiger partial charge on any atom is 0.244 e. The molecule has 2 amide bonds. The smallest absolute Gasteiger partial charge is 0.244 e. The molecule has 0 aliphatic heterocycles. The summed E-state index contributed by atoms with van der Waals surface area (Å²) in [7, 11) is 0. The van der Waals surface area contributed by atoms with E-state index >= 15 is 0 Å². The van der Waals surface area contributed by atoms with Crippen molar-refractivity contribution in [2.75, 3.05) is 11.1 Å². The molecule has 0 aliphatic carbocycles. The summed E-state index contributed by atoms with van der Waals surface area (Å²) in [5.41, 5.74) is 0.569. The molecule has 0 fully saturated rings. The van der Waals surface area contributed by atoms with Crippen molar-refractivity contribution in [2.45, 2.75) is 44.9 Å². The first-order valence-corrected chi connectivity index (χ1v) is 11.4. The van der Waals surface area contributed by atoms with E-state index in [0.717, 1.165) is 18.6 Å². The number of aromatic nitrogens is 1. The minimum absolute atomic E-state index is 0.00152. The minimum atomic E-state index is -0.512. The van der Waals surface area contributed by atoms with E-state index in [0.29, 0.717) is 28.8 Å². The summed E-state index contributed by atoms with van der Waals surface area (Å²) < 4.78 is 5.26. The van der Waals surface area contributed by atoms with Crippen molar-refractivity contribution in [2.24, 2.45) is 0 Å². The van der Waals surface area contributed by atoms with Gasteiger partial charge < -0.3 is 15.1 Å². The predicted molar refractivity (Wildman–Crippen MR) is 117 cm³/mol. The van der Waals surface area contributed by atoms with Crippen molar-refractivity contribution in [1.82, 2.24) is 10.3 Å². The summed E-state index contributed by atoms with van der Waals surface area (Å²) in [4.78, 5) is 40.1. The van der Waals surface area contributed by atoms with E-state index < -0.39 is 6.04 Å². The first-order valence-electron chi connectivity index (χ1n) is 9.32. The Bertz CT molecular complexity index is 831. The van der Waals surface area contributed by atoms with Crippen molar-refractivity contribution in [3.05, 3.63) is 41.3 Å². The fourth-order valence-electron chi connectivity index (χ4n) is 2.42. The van der Waals surface area contributed by atoms with E-state index in [1.807, 2.05) is 19.1 Å². The van der Waals surface area contributed by atoms with Crippen molar-refractivity contribution in [1.29, 1.82) is 0 Å². The van der Waals surface area contributed by atoms with Crippen LogP contribution in [0.25, 0.3) is 6.08 Å². The number of carbonyl (C=O) groups is 3. The van der Waals surface area contributed by atoms with Crippen LogP contribution >= 0.6 is 23.1 Å². The molecule has 0 aromatic carbocycles. The Hall–Kier alpha value is -2.39. The molecular formula is C20H25N3O4S2. The average molecular weight is 436 g/mol. The molecule has 2 heterocycles. The fourth-order valence-corrected chi connectivity index (χ4v) is 4.02. The Morgan fingerprint density at radius 3 is 2.90 bits per heavy atom. The van der Waals surface area contributed by atoms with Crippen molar-refractivity contribution in [3.8, 4) is 0 Å². The lowest BCUT2D eigenvalue weighted by Crippen LogP contribution is -2.41. The first kappa shape index (κ1) is 22.9. The number of hydrogen-bond donors (Lipinski definition) is 2. The predicted octanol–water partition coefficient (Wildman–Crippen LogP) is 3.89. The molecule has 1 atom stereocenters. The van der Waals surface area contributed by atoms with Crippen LogP contribution < -0.4 is 10.6 Å². The molecule has 0 saturated carbocycles. The number of anilines is 1. The lowest BCUT2D eigenvalue weighted by molar-refractivity contribution is -0.124. The molecule has 2 rings (SSSR count). The van der Waals surface area contributed by atoms with Gasteiger partial charge in [0.15, 0.2) is 10.9 Å². The number of ketones is 1. The summed E-state index contributed by atoms with van der Waals surface area (Å²) in [6, 6.07) is 3.17. The summed E-state index contributed by atoms with van der Waals surface area (Å²) >= 11 is 2.75. The number of rotatable bonds is 12. The summed E-state index contributed by atoms with van der Waals surface area (Å²) in [6.07, 6.45) is 6.93. The Labute approximate surface area is 178 Å². The van der Waals surface area contributed by atoms with Gasteiger partial charge in [-0.1, -0.05) is 19.8 Å². The van der Waals surface area contributed by atoms with Gasteiger partial charge >= 0.3 is 0 Å². The largest absolute Gasteiger partial charge is 0.468 e. The van der Waals surface area contributed by atoms with Gasteiger partial charge in [-0.2, -0.15) is 0 Å². The summed E-state index contributed by atoms with van der Waals surface area (Å²) in [5, 5.41) is 7.60. The summed E-state index contributed by atoms with van der Waals surface area (Å²) in [6.45, 7) is 3.45. The van der Waals surface area contributed by atoms with Gasteiger partial charge in [0.25, 0.3) is 0 Å². The second-order valence-corrected chi connectivity index (χ2v) is 8.18. The maximum atomic E-state index is 12.6. The van der Waals surface area contributed by atoms with Gasteiger partial charge in [-0.05, 0) is 24.6 Å². The van der Waals surface area contributed by atoms with Crippen molar-refractivity contribution in [3.63, 3.8) is 0 Å². The van der Waals surface area contributed by atoms with E-state index in [4.69, 9.17) is 4.42 Å². The molecule has 7 nitrogen and oxygen atoms in total. The van der Waals surface area contributed by atoms with Gasteiger partial charge in [0, 0.05) is 18.4 Å². The third-order valence-electron chi connectivity index (χ3n) is 3.83. The summed E-state index contributed by atoms with van der Waals surface area (Å²) in [5.74, 6) is 1.21. The Kier molecular flexibility index (Phi) is 9.66. The van der Waals surface area contributed by atoms with Crippen LogP contribution in [-0.4, -0.2) is 34.4 Å². The molecule has 156 valence electrons. The number of thiazole rings is 1. The fraction of sp³-hybridized carbons (Fsp3) is 0.400. The molecule has 2 N–H and O–H groups in total. The maximum absolute atomic E-state index is 12.6. The Morgan fingerprint density at radius 2 is 2.21 bits per heavy atom. The molecular weight excluding hydrogens is 410 g/mol. The van der Waals surface area contributed by atoms with Crippen LogP contribution in [0.1, 0.15) is 44.6 Å². The molecule has 2 aromatic rings. The van der Waals surface area contributed by atoms with Gasteiger partial charge in [-0.3, -0.25) is 14.4 Å². The van der Waals surface area contributed by atoms with Crippen LogP contribution in [0.5, 0.6) is 0 Å². The normalized spacial score (nSPS) is 12.1. The van der Waals surface area contributed by atoms with E-state index in [1.165, 1.54) is 36.1 Å². The van der Waals surface area contributed by atoms with Crippen molar-refractivity contribution < 1.29 is 18.8 Å². The molecule has 2 aromatic heterocycles. The highest BCUT2D eigenvalue weighted by Crippen LogP contribution is 2.16. The lowest BCUT2D eigenvalue weighted by atomic mass is 10.1. The molecule has 0 saturated heterocycles. The van der Waals surface area contributed by atoms with E-state index in [2.05, 4.69) is 15.6 Å². The molecule has 0 aliphatic rings. The zero-order chi connectivity index (χ0) is 21.1. The topological polar surface area (TPSA) is 101 Å². The van der Waals surface area contributed by atoms with E-state index in [-0.39, 0.29) is 17.6 Å². The molecule has 9 heteroatoms. The highest BCUT2D eigenvalue weighted by molar-refractivity contribution is 7.99. The van der Waals surface area contributed by atoms with Gasteiger partial charge in [-0.25, -0.2) is 4.98 Å². The second kappa shape index (κ2) is 12.2. The molecule has 0 bridgehead atoms. The number of furan rings is 1. The standard InChI is InChI=1S/C20H25N3O4S2/c1-3-4-7-17(18(25)13-28-12-16-6-5-10-27-16)23-19(26)9-8-15-11-29-20(22-15)21-14(2)24/h5-6,8-11,17H,3-4,7,12-13H2,1-2H3,(H,23,26)(H,21,22,24)/b9-8+/t17-/m0/s1. The van der Waals surface area contributed by atoms with Gasteiger partial charge in [0.2, 0.25) is 11.8 Å². The number of amides is 2. The van der Waals surface area contributed by atoms with Crippen LogP contribution in [0.15, 0.2) is 34.3 Å². The average Bonchev–Trinajstić information content (AvgIpc) is 3.35. The van der Waals surface area contributed by atoms with Gasteiger partial charge in [0.1, 0.15) is 5.76 Å². The van der Waals surface area contributed by atoms with Crippen molar-refractivity contribution >= 4 is 51.9 Å². The number of nitrogens with one attached hydrogen (secondary N) is 2. The number of nitrogens with zero attached hydrogens (tertiary/aromatic N) is 1. The van der Waals surface area contributed by atoms with Crippen LogP contribution in [0.2, 0.25) is 0 Å². The highest BCUT2D eigenvalue weighted by Gasteiger charge is 2.19. The van der Waals surface area contributed by atoms with Crippen LogP contribution in [-0.2, 0) is 20.1 Å². The SMILES string of the molecule is CCCC[C@H](NC(=O)/C=C/c1csc(NC(C)=O)n1)C(=O)CSCc1ccco1. The minimum Gasteiger partial charge on any atom is -0.468 e. The Balaban J connectivity index is 1.86. The highest BCUT2D eigenvalue weighted by atomic mass is 32.2. The molecule has 0 unspecified atom stereocenters. The Morgan fingerprint density at radius 1 is 1.38 bits per heavy atom. The number of Topliss-reactive ketones (excluding diaryl/α,β-unsaturated/α-hetero) is 1. The zero-order valence-corrected chi connectivity index (χ0v) is 18.1. The third kappa shape index (κ3) is 8.66. The van der Waals surface area contributed by atoms with Crippen LogP contribution in [0.4, 0.5) is 5.13 Å². The number of unbranched alkanes of at least 4 members (excludes halogenated alkanes) is 1. The third-order valence-corrected chi connectivity index (χ3v) is 5.58. The number of thioether (sulfide) groups is 1. The second-order valence-electron chi connectivity index (χ2n) is 6.33. The molecule has 0 radical (unpaired) electrons. The monoisotopic (exact) mass is 435 g/mol. The quantitative estimate of drug-likeness (QED) is 0.491. The van der Waals surface area contributed by atoms with Crippen LogP contribution in [0, 0.1) is 0 Å². The lowest BCUT2D eigenvalue weighted by Gasteiger charge is -2.16. The molecule has 0 spiro atoms. The molecule has 29 heavy (non-hydrogen) atoms. The van der Waals surface area contributed by atoms with E-state index in [9.17, 15) is 14.4 Å².